The van der Waals surface area contributed by atoms with Crippen molar-refractivity contribution in [3.05, 3.63) is 35.4 Å². The predicted octanol–water partition coefficient (Wildman–Crippen LogP) is 2.39. The van der Waals surface area contributed by atoms with Crippen LogP contribution in [0.5, 0.6) is 0 Å². The minimum atomic E-state index is 0. The van der Waals surface area contributed by atoms with Gasteiger partial charge >= 0.3 is 0 Å². The van der Waals surface area contributed by atoms with Gasteiger partial charge in [-0.25, -0.2) is 0 Å². The highest BCUT2D eigenvalue weighted by Crippen LogP contribution is 2.03. The van der Waals surface area contributed by atoms with Gasteiger partial charge in [0.25, 0.3) is 0 Å². The lowest BCUT2D eigenvalue weighted by atomic mass is 10.1. The molecule has 0 amide bonds. The van der Waals surface area contributed by atoms with Gasteiger partial charge in [0.1, 0.15) is 0 Å². The monoisotopic (exact) mass is 165 g/mol. The molecule has 1 heteroatoms. The summed E-state index contributed by atoms with van der Waals surface area (Å²) in [6.07, 6.45) is 1.12. The molecule has 0 saturated carbocycles. The lowest BCUT2D eigenvalue weighted by molar-refractivity contribution is 0.791. The number of hydrogen-bond acceptors (Lipinski definition) is 1. The number of hydrogen-bond donors (Lipinski definition) is 1. The molecule has 0 saturated heterocycles. The van der Waals surface area contributed by atoms with E-state index in [-0.39, 0.29) is 7.43 Å². The van der Waals surface area contributed by atoms with Gasteiger partial charge in [0, 0.05) is 0 Å². The van der Waals surface area contributed by atoms with E-state index in [9.17, 15) is 0 Å². The molecule has 68 valence electrons. The minimum absolute atomic E-state index is 0. The van der Waals surface area contributed by atoms with Crippen molar-refractivity contribution in [2.45, 2.75) is 20.8 Å². The van der Waals surface area contributed by atoms with E-state index in [0.29, 0.717) is 0 Å². The first-order valence-corrected chi connectivity index (χ1v) is 4.03. The topological polar surface area (TPSA) is 12.0 Å². The van der Waals surface area contributed by atoms with Crippen molar-refractivity contribution in [2.75, 3.05) is 13.6 Å². The van der Waals surface area contributed by atoms with E-state index >= 15 is 0 Å². The van der Waals surface area contributed by atoms with Crippen molar-refractivity contribution in [3.8, 4) is 0 Å². The average Bonchev–Trinajstić information content (AvgIpc) is 2.01. The second-order valence-electron chi connectivity index (χ2n) is 2.84. The molecular weight excluding hydrogens is 146 g/mol. The van der Waals surface area contributed by atoms with Crippen LogP contribution >= 0.6 is 0 Å². The first-order chi connectivity index (χ1) is 5.33. The van der Waals surface area contributed by atoms with Gasteiger partial charge in [0.15, 0.2) is 0 Å². The Hall–Kier alpha value is -0.820. The van der Waals surface area contributed by atoms with E-state index in [1.807, 2.05) is 7.05 Å². The number of nitrogens with one attached hydrogen (secondary N) is 1. The number of rotatable bonds is 3. The Morgan fingerprint density at radius 1 is 1.33 bits per heavy atom. The molecule has 0 unspecified atom stereocenters. The Morgan fingerprint density at radius 3 is 2.67 bits per heavy atom. The highest BCUT2D eigenvalue weighted by Gasteiger charge is 1.90. The summed E-state index contributed by atoms with van der Waals surface area (Å²) in [5, 5.41) is 3.14. The highest BCUT2D eigenvalue weighted by atomic mass is 14.8. The van der Waals surface area contributed by atoms with Crippen molar-refractivity contribution in [1.29, 1.82) is 0 Å². The van der Waals surface area contributed by atoms with Crippen molar-refractivity contribution >= 4 is 0 Å². The van der Waals surface area contributed by atoms with E-state index < -0.39 is 0 Å². The van der Waals surface area contributed by atoms with Crippen LogP contribution in [0.25, 0.3) is 0 Å². The van der Waals surface area contributed by atoms with Gasteiger partial charge in [0.2, 0.25) is 0 Å². The second-order valence-corrected chi connectivity index (χ2v) is 2.84. The van der Waals surface area contributed by atoms with Crippen LogP contribution in [0.4, 0.5) is 0 Å². The van der Waals surface area contributed by atoms with Crippen LogP contribution in [0.15, 0.2) is 24.3 Å². The summed E-state index contributed by atoms with van der Waals surface area (Å²) in [4.78, 5) is 0. The summed E-state index contributed by atoms with van der Waals surface area (Å²) >= 11 is 0. The molecule has 1 nitrogen and oxygen atoms in total. The van der Waals surface area contributed by atoms with E-state index in [0.717, 1.165) is 13.0 Å². The second kappa shape index (κ2) is 5.78. The van der Waals surface area contributed by atoms with Crippen LogP contribution in [0.1, 0.15) is 18.6 Å². The maximum atomic E-state index is 3.14. The zero-order valence-electron chi connectivity index (χ0n) is 7.22. The zero-order chi connectivity index (χ0) is 8.10. The third-order valence-corrected chi connectivity index (χ3v) is 1.75. The molecule has 0 spiro atoms. The van der Waals surface area contributed by atoms with Gasteiger partial charge in [-0.3, -0.25) is 0 Å². The van der Waals surface area contributed by atoms with Gasteiger partial charge in [-0.1, -0.05) is 37.3 Å². The maximum Gasteiger partial charge on any atom is -0.00114 e. The fourth-order valence-electron chi connectivity index (χ4n) is 1.14. The highest BCUT2D eigenvalue weighted by molar-refractivity contribution is 5.22. The molecule has 0 aliphatic rings. The van der Waals surface area contributed by atoms with Gasteiger partial charge in [-0.05, 0) is 32.5 Å². The summed E-state index contributed by atoms with van der Waals surface area (Å²) in [6.45, 7) is 3.19. The Balaban J connectivity index is 0.00000121. The summed E-state index contributed by atoms with van der Waals surface area (Å²) in [5.74, 6) is 0. The summed E-state index contributed by atoms with van der Waals surface area (Å²) in [5.41, 5.74) is 2.76. The van der Waals surface area contributed by atoms with E-state index in [1.165, 1.54) is 11.1 Å². The number of likely N-dealkylation sites (N-methyl/N-ethyl adjacent to an activating group) is 1. The first kappa shape index (κ1) is 11.2. The van der Waals surface area contributed by atoms with Gasteiger partial charge in [-0.2, -0.15) is 0 Å². The predicted molar refractivity (Wildman–Crippen MR) is 55.5 cm³/mol. The molecule has 0 aromatic heterocycles. The molecule has 0 aliphatic carbocycles. The smallest absolute Gasteiger partial charge is 0.00114 e. The molecule has 12 heavy (non-hydrogen) atoms. The van der Waals surface area contributed by atoms with Gasteiger partial charge in [0.05, 0.1) is 0 Å². The van der Waals surface area contributed by atoms with Crippen LogP contribution in [0.3, 0.4) is 0 Å². The molecule has 0 atom stereocenters. The molecule has 1 rings (SSSR count). The van der Waals surface area contributed by atoms with Crippen LogP contribution in [0, 0.1) is 6.92 Å². The molecule has 0 radical (unpaired) electrons. The van der Waals surface area contributed by atoms with E-state index in [4.69, 9.17) is 0 Å². The Kier molecular flexibility index (Phi) is 5.39. The van der Waals surface area contributed by atoms with Crippen molar-refractivity contribution in [3.63, 3.8) is 0 Å². The first-order valence-electron chi connectivity index (χ1n) is 4.03. The number of aryl methyl sites for hydroxylation is 1. The fraction of sp³-hybridized carbons (Fsp3) is 0.455. The maximum absolute atomic E-state index is 3.14. The number of benzene rings is 1. The quantitative estimate of drug-likeness (QED) is 0.725. The minimum Gasteiger partial charge on any atom is -0.319 e. The molecule has 0 aliphatic heterocycles. The molecule has 0 fully saturated rings. The van der Waals surface area contributed by atoms with Gasteiger partial charge < -0.3 is 5.32 Å². The van der Waals surface area contributed by atoms with E-state index in [2.05, 4.69) is 36.5 Å². The Morgan fingerprint density at radius 2 is 2.08 bits per heavy atom. The standard InChI is InChI=1S/C10H15N.CH4/c1-9-4-3-5-10(8-9)6-7-11-2;/h3-5,8,11H,6-7H2,1-2H3;1H4. The molecule has 1 N–H and O–H groups in total. The third-order valence-electron chi connectivity index (χ3n) is 1.75. The van der Waals surface area contributed by atoms with E-state index in [1.54, 1.807) is 0 Å². The van der Waals surface area contributed by atoms with Crippen LogP contribution in [-0.2, 0) is 6.42 Å². The summed E-state index contributed by atoms with van der Waals surface area (Å²) in [6, 6.07) is 8.64. The normalized spacial score (nSPS) is 9.17. The Labute approximate surface area is 75.8 Å². The molecule has 0 bridgehead atoms. The third kappa shape index (κ3) is 3.54. The SMILES string of the molecule is C.CNCCc1cccc(C)c1. The lowest BCUT2D eigenvalue weighted by Gasteiger charge is -2.00. The van der Waals surface area contributed by atoms with Crippen LogP contribution in [-0.4, -0.2) is 13.6 Å². The summed E-state index contributed by atoms with van der Waals surface area (Å²) in [7, 11) is 1.98. The summed E-state index contributed by atoms with van der Waals surface area (Å²) < 4.78 is 0. The molecule has 0 heterocycles. The molecular formula is C11H19N. The average molecular weight is 165 g/mol. The van der Waals surface area contributed by atoms with Crippen LogP contribution in [0.2, 0.25) is 0 Å². The largest absolute Gasteiger partial charge is 0.319 e. The van der Waals surface area contributed by atoms with Crippen molar-refractivity contribution < 1.29 is 0 Å². The van der Waals surface area contributed by atoms with Gasteiger partial charge in [-0.15, -0.1) is 0 Å². The molecule has 1 aromatic carbocycles. The van der Waals surface area contributed by atoms with Crippen LogP contribution < -0.4 is 5.32 Å². The molecule has 1 aromatic rings. The zero-order valence-corrected chi connectivity index (χ0v) is 7.22. The van der Waals surface area contributed by atoms with Crippen molar-refractivity contribution in [2.24, 2.45) is 0 Å². The lowest BCUT2D eigenvalue weighted by Crippen LogP contribution is -2.10. The fourth-order valence-corrected chi connectivity index (χ4v) is 1.14. The Bertz CT molecular complexity index is 218. The van der Waals surface area contributed by atoms with Crippen molar-refractivity contribution in [1.82, 2.24) is 5.32 Å².